The Morgan fingerprint density at radius 3 is 2.44 bits per heavy atom. The van der Waals surface area contributed by atoms with Gasteiger partial charge in [-0.05, 0) is 37.0 Å². The third-order valence-electron chi connectivity index (χ3n) is 5.45. The monoisotopic (exact) mass is 454 g/mol. The fourth-order valence-corrected chi connectivity index (χ4v) is 5.15. The van der Waals surface area contributed by atoms with E-state index < -0.39 is 10.0 Å². The molecule has 1 fully saturated rings. The van der Waals surface area contributed by atoms with Crippen LogP contribution in [0.5, 0.6) is 0 Å². The highest BCUT2D eigenvalue weighted by molar-refractivity contribution is 7.89. The molecule has 168 valence electrons. The van der Waals surface area contributed by atoms with Crippen molar-refractivity contribution in [1.82, 2.24) is 19.8 Å². The number of carbonyl (C=O) groups is 1. The maximum absolute atomic E-state index is 12.7. The number of piperidine rings is 1. The summed E-state index contributed by atoms with van der Waals surface area (Å²) < 4.78 is 32.2. The summed E-state index contributed by atoms with van der Waals surface area (Å²) in [6.45, 7) is 1.32. The molecular formula is C23H26N4O4S. The van der Waals surface area contributed by atoms with E-state index in [0.29, 0.717) is 36.1 Å². The fourth-order valence-electron chi connectivity index (χ4n) is 3.63. The Morgan fingerprint density at radius 2 is 1.72 bits per heavy atom. The van der Waals surface area contributed by atoms with Gasteiger partial charge in [0.1, 0.15) is 0 Å². The average molecular weight is 455 g/mol. The highest BCUT2D eigenvalue weighted by atomic mass is 32.2. The van der Waals surface area contributed by atoms with E-state index in [1.165, 1.54) is 0 Å². The van der Waals surface area contributed by atoms with Gasteiger partial charge in [-0.3, -0.25) is 4.79 Å². The molecule has 1 amide bonds. The first kappa shape index (κ1) is 22.2. The van der Waals surface area contributed by atoms with E-state index in [-0.39, 0.29) is 18.9 Å². The number of nitrogens with zero attached hydrogens (tertiary/aromatic N) is 3. The van der Waals surface area contributed by atoms with E-state index in [2.05, 4.69) is 15.5 Å². The van der Waals surface area contributed by atoms with Crippen LogP contribution in [0.15, 0.2) is 64.0 Å². The van der Waals surface area contributed by atoms with E-state index in [1.807, 2.05) is 30.3 Å². The lowest BCUT2D eigenvalue weighted by atomic mass is 10.1. The zero-order chi connectivity index (χ0) is 22.4. The SMILES string of the molecule is O=C(CCc1ccc(S(=O)(=O)N2CCCCC2)cc1)NCc1nc(-c2ccccc2)no1. The van der Waals surface area contributed by atoms with Gasteiger partial charge in [0.15, 0.2) is 0 Å². The molecule has 9 heteroatoms. The molecule has 1 saturated heterocycles. The quantitative estimate of drug-likeness (QED) is 0.561. The number of hydrogen-bond acceptors (Lipinski definition) is 6. The lowest BCUT2D eigenvalue weighted by Crippen LogP contribution is -2.35. The van der Waals surface area contributed by atoms with Crippen molar-refractivity contribution in [3.8, 4) is 11.4 Å². The Balaban J connectivity index is 1.26. The summed E-state index contributed by atoms with van der Waals surface area (Å²) >= 11 is 0. The lowest BCUT2D eigenvalue weighted by molar-refractivity contribution is -0.121. The molecule has 0 spiro atoms. The first-order valence-electron chi connectivity index (χ1n) is 10.8. The summed E-state index contributed by atoms with van der Waals surface area (Å²) in [5.41, 5.74) is 1.75. The van der Waals surface area contributed by atoms with Gasteiger partial charge in [-0.1, -0.05) is 54.0 Å². The largest absolute Gasteiger partial charge is 0.347 e. The first-order valence-corrected chi connectivity index (χ1v) is 12.2. The highest BCUT2D eigenvalue weighted by Crippen LogP contribution is 2.21. The zero-order valence-electron chi connectivity index (χ0n) is 17.7. The van der Waals surface area contributed by atoms with Gasteiger partial charge < -0.3 is 9.84 Å². The Morgan fingerprint density at radius 1 is 1.00 bits per heavy atom. The molecule has 0 bridgehead atoms. The number of nitrogens with one attached hydrogen (secondary N) is 1. The molecule has 8 nitrogen and oxygen atoms in total. The van der Waals surface area contributed by atoms with E-state index >= 15 is 0 Å². The number of hydrogen-bond donors (Lipinski definition) is 1. The van der Waals surface area contributed by atoms with Gasteiger partial charge in [0.05, 0.1) is 11.4 Å². The van der Waals surface area contributed by atoms with Crippen LogP contribution in [0.3, 0.4) is 0 Å². The van der Waals surface area contributed by atoms with Crippen molar-refractivity contribution in [2.45, 2.75) is 43.5 Å². The minimum atomic E-state index is -3.44. The second kappa shape index (κ2) is 10.1. The molecule has 3 aromatic rings. The van der Waals surface area contributed by atoms with Crippen molar-refractivity contribution >= 4 is 15.9 Å². The average Bonchev–Trinajstić information content (AvgIpc) is 3.32. The number of aromatic nitrogens is 2. The molecule has 0 atom stereocenters. The van der Waals surface area contributed by atoms with Gasteiger partial charge in [0.25, 0.3) is 0 Å². The number of carbonyl (C=O) groups excluding carboxylic acids is 1. The summed E-state index contributed by atoms with van der Waals surface area (Å²) in [5.74, 6) is 0.674. The van der Waals surface area contributed by atoms with Crippen LogP contribution < -0.4 is 5.32 Å². The molecule has 32 heavy (non-hydrogen) atoms. The van der Waals surface area contributed by atoms with E-state index in [4.69, 9.17) is 4.52 Å². The van der Waals surface area contributed by atoms with E-state index in [9.17, 15) is 13.2 Å². The third kappa shape index (κ3) is 5.41. The van der Waals surface area contributed by atoms with Crippen LogP contribution in [0.2, 0.25) is 0 Å². The van der Waals surface area contributed by atoms with Gasteiger partial charge in [-0.25, -0.2) is 8.42 Å². The first-order chi connectivity index (χ1) is 15.5. The number of amides is 1. The van der Waals surface area contributed by atoms with Crippen LogP contribution in [-0.2, 0) is 27.8 Å². The van der Waals surface area contributed by atoms with Gasteiger partial charge in [-0.2, -0.15) is 9.29 Å². The summed E-state index contributed by atoms with van der Waals surface area (Å²) in [6, 6.07) is 16.3. The Kier molecular flexibility index (Phi) is 6.96. The van der Waals surface area contributed by atoms with Crippen LogP contribution in [0.1, 0.15) is 37.1 Å². The summed E-state index contributed by atoms with van der Waals surface area (Å²) in [5, 5.41) is 6.70. The van der Waals surface area contributed by atoms with Crippen molar-refractivity contribution < 1.29 is 17.7 Å². The maximum Gasteiger partial charge on any atom is 0.246 e. The van der Waals surface area contributed by atoms with Crippen LogP contribution >= 0.6 is 0 Å². The van der Waals surface area contributed by atoms with Gasteiger partial charge in [-0.15, -0.1) is 0 Å². The van der Waals surface area contributed by atoms with Gasteiger partial charge >= 0.3 is 0 Å². The Labute approximate surface area is 187 Å². The van der Waals surface area contributed by atoms with E-state index in [1.54, 1.807) is 28.6 Å². The summed E-state index contributed by atoms with van der Waals surface area (Å²) in [6.07, 6.45) is 3.67. The van der Waals surface area contributed by atoms with Crippen molar-refractivity contribution in [2.24, 2.45) is 0 Å². The minimum Gasteiger partial charge on any atom is -0.347 e. The molecule has 1 aliphatic rings. The second-order valence-corrected chi connectivity index (χ2v) is 9.70. The molecule has 1 aromatic heterocycles. The molecule has 0 radical (unpaired) electrons. The molecule has 4 rings (SSSR count). The maximum atomic E-state index is 12.7. The predicted octanol–water partition coefficient (Wildman–Crippen LogP) is 3.16. The third-order valence-corrected chi connectivity index (χ3v) is 7.37. The van der Waals surface area contributed by atoms with Crippen molar-refractivity contribution in [3.63, 3.8) is 0 Å². The summed E-state index contributed by atoms with van der Waals surface area (Å²) in [4.78, 5) is 16.8. The number of benzene rings is 2. The van der Waals surface area contributed by atoms with Crippen LogP contribution in [0.25, 0.3) is 11.4 Å². The number of sulfonamides is 1. The van der Waals surface area contributed by atoms with Crippen molar-refractivity contribution in [3.05, 3.63) is 66.1 Å². The van der Waals surface area contributed by atoms with Gasteiger partial charge in [0.2, 0.25) is 27.6 Å². The second-order valence-electron chi connectivity index (χ2n) is 7.76. The normalized spacial score (nSPS) is 14.9. The van der Waals surface area contributed by atoms with Crippen molar-refractivity contribution in [2.75, 3.05) is 13.1 Å². The van der Waals surface area contributed by atoms with Gasteiger partial charge in [0, 0.05) is 25.1 Å². The standard InChI is InChI=1S/C23H26N4O4S/c28-21(24-17-22-25-23(26-31-22)19-7-3-1-4-8-19)14-11-18-9-12-20(13-10-18)32(29,30)27-15-5-2-6-16-27/h1,3-4,7-10,12-13H,2,5-6,11,14-17H2,(H,24,28). The molecule has 0 saturated carbocycles. The van der Waals surface area contributed by atoms with Crippen LogP contribution in [0, 0.1) is 0 Å². The molecule has 2 heterocycles. The topological polar surface area (TPSA) is 105 Å². The highest BCUT2D eigenvalue weighted by Gasteiger charge is 2.25. The lowest BCUT2D eigenvalue weighted by Gasteiger charge is -2.25. The molecular weight excluding hydrogens is 428 g/mol. The Hall–Kier alpha value is -3.04. The fraction of sp³-hybridized carbons (Fsp3) is 0.348. The zero-order valence-corrected chi connectivity index (χ0v) is 18.6. The smallest absolute Gasteiger partial charge is 0.246 e. The summed E-state index contributed by atoms with van der Waals surface area (Å²) in [7, 11) is -3.44. The van der Waals surface area contributed by atoms with Crippen LogP contribution in [-0.4, -0.2) is 41.9 Å². The number of rotatable bonds is 8. The van der Waals surface area contributed by atoms with E-state index in [0.717, 1.165) is 30.4 Å². The minimum absolute atomic E-state index is 0.144. The molecule has 2 aromatic carbocycles. The Bertz CT molecular complexity index is 1140. The van der Waals surface area contributed by atoms with Crippen LogP contribution in [0.4, 0.5) is 0 Å². The molecule has 0 aliphatic carbocycles. The molecule has 1 aliphatic heterocycles. The molecule has 1 N–H and O–H groups in total. The number of aryl methyl sites for hydroxylation is 1. The molecule has 0 unspecified atom stereocenters. The van der Waals surface area contributed by atoms with Crippen molar-refractivity contribution in [1.29, 1.82) is 0 Å². The predicted molar refractivity (Wildman–Crippen MR) is 119 cm³/mol.